The number of benzene rings is 1. The highest BCUT2D eigenvalue weighted by Crippen LogP contribution is 2.55. The lowest BCUT2D eigenvalue weighted by Gasteiger charge is -2.39. The van der Waals surface area contributed by atoms with Crippen molar-refractivity contribution in [2.24, 2.45) is 11.7 Å². The molecule has 1 aromatic rings. The Balaban J connectivity index is 1.22. The molecule has 42 heavy (non-hydrogen) atoms. The third-order valence-electron chi connectivity index (χ3n) is 8.65. The zero-order valence-electron chi connectivity index (χ0n) is 22.7. The number of nitrogens with two attached hydrogens (primary N) is 1. The van der Waals surface area contributed by atoms with E-state index in [1.54, 1.807) is 24.0 Å². The van der Waals surface area contributed by atoms with E-state index in [0.717, 1.165) is 0 Å². The molecule has 3 saturated heterocycles. The van der Waals surface area contributed by atoms with Gasteiger partial charge >= 0.3 is 6.09 Å². The van der Waals surface area contributed by atoms with Gasteiger partial charge in [-0.1, -0.05) is 0 Å². The molecule has 8 N–H and O–H groups in total. The number of amides is 1. The van der Waals surface area contributed by atoms with Crippen LogP contribution in [0.25, 0.3) is 0 Å². The van der Waals surface area contributed by atoms with E-state index in [1.807, 2.05) is 0 Å². The Morgan fingerprint density at radius 3 is 2.52 bits per heavy atom. The minimum Gasteiger partial charge on any atom is -0.462 e. The second kappa shape index (κ2) is 10.3. The standard InChI is InChI=1S/C27H32N4O11/c1-10-17(29-11-3-5-12(6-4-11)41-25-23(37)22(36)20(34)15(8-32)42-25)21(35)16-13(9-40-26(28)38)27(39-2)24-14(30-24)7-31(27)18(16)19(10)33/h3-6,13-15,20,22-25,29-30,32,34,36-37H,7-9H2,1-2H3,(H2,28,38)/t13-,14+,15-,20-,22+,23-,24+,25-,27-/m1/s1. The predicted octanol–water partition coefficient (Wildman–Crippen LogP) is -2.32. The summed E-state index contributed by atoms with van der Waals surface area (Å²) in [6.07, 6.45) is -8.18. The van der Waals surface area contributed by atoms with Gasteiger partial charge in [-0.2, -0.15) is 0 Å². The Labute approximate surface area is 239 Å². The van der Waals surface area contributed by atoms with Gasteiger partial charge in [0, 0.05) is 36.5 Å². The second-order valence-electron chi connectivity index (χ2n) is 10.9. The number of carbonyl (C=O) groups is 3. The number of fused-ring (bicyclic) bond motifs is 4. The van der Waals surface area contributed by atoms with Gasteiger partial charge in [-0.25, -0.2) is 4.79 Å². The van der Waals surface area contributed by atoms with Crippen molar-refractivity contribution in [3.8, 4) is 5.75 Å². The average Bonchev–Trinajstić information content (AvgIpc) is 3.59. The number of nitrogens with zero attached hydrogens (tertiary/aromatic N) is 1. The summed E-state index contributed by atoms with van der Waals surface area (Å²) < 4.78 is 22.1. The maximum Gasteiger partial charge on any atom is 0.404 e. The van der Waals surface area contributed by atoms with E-state index in [1.165, 1.54) is 19.2 Å². The summed E-state index contributed by atoms with van der Waals surface area (Å²) in [6, 6.07) is 6.06. The lowest BCUT2D eigenvalue weighted by atomic mass is 9.82. The molecule has 226 valence electrons. The van der Waals surface area contributed by atoms with Crippen molar-refractivity contribution in [2.75, 3.05) is 32.2 Å². The molecule has 0 spiro atoms. The number of primary amides is 1. The highest BCUT2D eigenvalue weighted by molar-refractivity contribution is 6.26. The summed E-state index contributed by atoms with van der Waals surface area (Å²) in [6.45, 7) is 1.16. The van der Waals surface area contributed by atoms with Crippen molar-refractivity contribution in [2.45, 2.75) is 55.4 Å². The number of methoxy groups -OCH3 is 1. The van der Waals surface area contributed by atoms with E-state index in [4.69, 9.17) is 24.7 Å². The molecule has 0 unspecified atom stereocenters. The average molecular weight is 589 g/mol. The number of allylic oxidation sites excluding steroid dienone is 2. The minimum atomic E-state index is -1.59. The smallest absolute Gasteiger partial charge is 0.404 e. The van der Waals surface area contributed by atoms with Gasteiger partial charge in [-0.3, -0.25) is 9.59 Å². The normalized spacial score (nSPS) is 37.0. The van der Waals surface area contributed by atoms with Crippen molar-refractivity contribution in [3.05, 3.63) is 46.8 Å². The molecule has 4 heterocycles. The van der Waals surface area contributed by atoms with Crippen LogP contribution in [0.1, 0.15) is 6.92 Å². The molecule has 0 bridgehead atoms. The molecule has 15 heteroatoms. The zero-order valence-corrected chi connectivity index (χ0v) is 22.7. The second-order valence-corrected chi connectivity index (χ2v) is 10.9. The fraction of sp³-hybridized carbons (Fsp3) is 0.519. The number of aliphatic hydroxyl groups excluding tert-OH is 4. The Morgan fingerprint density at radius 2 is 1.88 bits per heavy atom. The van der Waals surface area contributed by atoms with Crippen LogP contribution in [0.5, 0.6) is 5.75 Å². The number of piperazine rings is 1. The highest BCUT2D eigenvalue weighted by atomic mass is 16.7. The fourth-order valence-corrected chi connectivity index (χ4v) is 6.50. The van der Waals surface area contributed by atoms with Gasteiger partial charge in [-0.05, 0) is 31.2 Å². The van der Waals surface area contributed by atoms with E-state index in [0.29, 0.717) is 12.2 Å². The first-order valence-corrected chi connectivity index (χ1v) is 13.4. The quantitative estimate of drug-likeness (QED) is 0.125. The maximum atomic E-state index is 14.0. The maximum absolute atomic E-state index is 14.0. The molecule has 0 aromatic heterocycles. The van der Waals surface area contributed by atoms with Crippen molar-refractivity contribution in [1.29, 1.82) is 0 Å². The fourth-order valence-electron chi connectivity index (χ4n) is 6.50. The monoisotopic (exact) mass is 588 g/mol. The molecule has 6 rings (SSSR count). The Kier molecular flexibility index (Phi) is 7.00. The third kappa shape index (κ3) is 4.19. The van der Waals surface area contributed by atoms with E-state index >= 15 is 0 Å². The summed E-state index contributed by atoms with van der Waals surface area (Å²) in [4.78, 5) is 41.0. The summed E-state index contributed by atoms with van der Waals surface area (Å²) in [5.74, 6) is -1.34. The van der Waals surface area contributed by atoms with Gasteiger partial charge in [0.15, 0.2) is 5.72 Å². The molecular formula is C27H32N4O11. The van der Waals surface area contributed by atoms with Crippen LogP contribution in [-0.4, -0.2) is 118 Å². The molecule has 1 amide bonds. The molecule has 5 aliphatic rings. The van der Waals surface area contributed by atoms with E-state index in [9.17, 15) is 34.8 Å². The number of hydrogen-bond donors (Lipinski definition) is 7. The number of ketones is 2. The van der Waals surface area contributed by atoms with Gasteiger partial charge in [0.2, 0.25) is 17.9 Å². The van der Waals surface area contributed by atoms with Gasteiger partial charge in [0.1, 0.15) is 36.8 Å². The van der Waals surface area contributed by atoms with Crippen LogP contribution >= 0.6 is 0 Å². The largest absolute Gasteiger partial charge is 0.462 e. The van der Waals surface area contributed by atoms with Crippen LogP contribution in [0, 0.1) is 5.92 Å². The van der Waals surface area contributed by atoms with Crippen molar-refractivity contribution in [3.63, 3.8) is 0 Å². The van der Waals surface area contributed by atoms with Crippen molar-refractivity contribution < 1.29 is 53.8 Å². The number of rotatable bonds is 8. The van der Waals surface area contributed by atoms with Crippen molar-refractivity contribution >= 4 is 23.3 Å². The Hall–Kier alpha value is -3.57. The molecule has 0 saturated carbocycles. The number of ether oxygens (including phenoxy) is 4. The van der Waals surface area contributed by atoms with E-state index in [-0.39, 0.29) is 52.8 Å². The van der Waals surface area contributed by atoms with Crippen LogP contribution in [0.4, 0.5) is 10.5 Å². The first-order valence-electron chi connectivity index (χ1n) is 13.4. The summed E-state index contributed by atoms with van der Waals surface area (Å²) >= 11 is 0. The Bertz CT molecular complexity index is 1380. The number of hydrogen-bond acceptors (Lipinski definition) is 14. The highest BCUT2D eigenvalue weighted by Gasteiger charge is 2.72. The lowest BCUT2D eigenvalue weighted by molar-refractivity contribution is -0.277. The summed E-state index contributed by atoms with van der Waals surface area (Å²) in [5, 5.41) is 45.9. The molecular weight excluding hydrogens is 556 g/mol. The van der Waals surface area contributed by atoms with Gasteiger partial charge in [-0.15, -0.1) is 0 Å². The van der Waals surface area contributed by atoms with Crippen molar-refractivity contribution in [1.82, 2.24) is 10.2 Å². The molecule has 9 atom stereocenters. The summed E-state index contributed by atoms with van der Waals surface area (Å²) in [7, 11) is 1.49. The van der Waals surface area contributed by atoms with Crippen LogP contribution in [0.3, 0.4) is 0 Å². The number of Topliss-reactive ketones (excluding diaryl/α,β-unsaturated/α-hetero) is 2. The topological polar surface area (TPSA) is 232 Å². The number of carbonyl (C=O) groups excluding carboxylic acids is 3. The minimum absolute atomic E-state index is 0.0539. The molecule has 4 aliphatic heterocycles. The SMILES string of the molecule is CO[C@@]12[C@H](COC(N)=O)C3=C(C(=O)C(C)=C(Nc4ccc(O[C@@H]5O[C@H](CO)[C@@H](O)[C@H](O)[C@H]5O)cc4)C3=O)N1C[C@@H]1N[C@@H]12. The van der Waals surface area contributed by atoms with Gasteiger partial charge in [0.05, 0.1) is 30.0 Å². The number of aliphatic hydroxyl groups is 4. The lowest BCUT2D eigenvalue weighted by Crippen LogP contribution is -2.60. The molecule has 1 aromatic carbocycles. The molecule has 15 nitrogen and oxygen atoms in total. The number of nitrogens with one attached hydrogen (secondary N) is 2. The predicted molar refractivity (Wildman–Crippen MR) is 140 cm³/mol. The molecule has 3 fully saturated rings. The van der Waals surface area contributed by atoms with Crippen LogP contribution in [0.2, 0.25) is 0 Å². The summed E-state index contributed by atoms with van der Waals surface area (Å²) in [5.41, 5.74) is 5.26. The third-order valence-corrected chi connectivity index (χ3v) is 8.65. The first-order chi connectivity index (χ1) is 20.0. The van der Waals surface area contributed by atoms with E-state index < -0.39 is 60.8 Å². The van der Waals surface area contributed by atoms with Crippen LogP contribution < -0.4 is 21.1 Å². The Morgan fingerprint density at radius 1 is 1.17 bits per heavy atom. The first kappa shape index (κ1) is 28.5. The van der Waals surface area contributed by atoms with E-state index in [2.05, 4.69) is 10.6 Å². The molecule has 0 radical (unpaired) electrons. The molecule has 1 aliphatic carbocycles. The van der Waals surface area contributed by atoms with Gasteiger partial charge < -0.3 is 60.6 Å². The van der Waals surface area contributed by atoms with Crippen LogP contribution in [0.15, 0.2) is 46.8 Å². The zero-order chi connectivity index (χ0) is 30.1. The van der Waals surface area contributed by atoms with Crippen LogP contribution in [-0.2, 0) is 23.8 Å². The van der Waals surface area contributed by atoms with Gasteiger partial charge in [0.25, 0.3) is 0 Å². The number of anilines is 1.